The largest absolute Gasteiger partial charge is 0.309 e. The maximum atomic E-state index is 5.51. The fourth-order valence-corrected chi connectivity index (χ4v) is 9.96. The van der Waals surface area contributed by atoms with Crippen LogP contribution in [0.1, 0.15) is 22.3 Å². The minimum Gasteiger partial charge on any atom is -0.309 e. The maximum Gasteiger partial charge on any atom is 0.162 e. The standard InChI is InChI=1S/C59H40N4/c1-4-22-43(23-5-1)59(44-24-6-2-7-25-44,45-26-8-3-9-27-45)46-28-18-21-42(38-46)58-60-52(40-57(61-58)63-55-36-16-12-32-50(55)51-33-13-17-37-56(51)63)41-20-19-29-47(39-41)62-53-34-14-10-30-48(53)49-31-11-15-35-54(49)62/h1-40H. The van der Waals surface area contributed by atoms with Crippen LogP contribution in [0.3, 0.4) is 0 Å². The van der Waals surface area contributed by atoms with Gasteiger partial charge in [-0.05, 0) is 64.7 Å². The molecule has 4 heteroatoms. The monoisotopic (exact) mass is 804 g/mol. The molecule has 0 bridgehead atoms. The van der Waals surface area contributed by atoms with Gasteiger partial charge >= 0.3 is 0 Å². The molecule has 0 fully saturated rings. The molecule has 4 nitrogen and oxygen atoms in total. The first-order valence-corrected chi connectivity index (χ1v) is 21.5. The van der Waals surface area contributed by atoms with Gasteiger partial charge in [-0.3, -0.25) is 4.57 Å². The first-order chi connectivity index (χ1) is 31.3. The first-order valence-electron chi connectivity index (χ1n) is 21.5. The molecule has 0 amide bonds. The molecule has 0 unspecified atom stereocenters. The molecule has 9 aromatic carbocycles. The molecule has 296 valence electrons. The third-order valence-corrected chi connectivity index (χ3v) is 12.7. The highest BCUT2D eigenvalue weighted by Crippen LogP contribution is 2.46. The third-order valence-electron chi connectivity index (χ3n) is 12.7. The Bertz CT molecular complexity index is 3420. The summed E-state index contributed by atoms with van der Waals surface area (Å²) in [5, 5.41) is 4.83. The number of benzene rings is 9. The van der Waals surface area contributed by atoms with Gasteiger partial charge < -0.3 is 4.57 Å². The van der Waals surface area contributed by atoms with Crippen molar-refractivity contribution in [2.45, 2.75) is 5.41 Å². The molecular formula is C59H40N4. The average Bonchev–Trinajstić information content (AvgIpc) is 3.89. The number of fused-ring (bicyclic) bond motifs is 6. The predicted molar refractivity (Wildman–Crippen MR) is 260 cm³/mol. The second-order valence-electron chi connectivity index (χ2n) is 16.2. The van der Waals surface area contributed by atoms with Crippen LogP contribution in [0.5, 0.6) is 0 Å². The van der Waals surface area contributed by atoms with Crippen LogP contribution in [0.15, 0.2) is 243 Å². The van der Waals surface area contributed by atoms with Crippen LogP contribution < -0.4 is 0 Å². The summed E-state index contributed by atoms with van der Waals surface area (Å²) < 4.78 is 4.66. The molecule has 0 aliphatic carbocycles. The van der Waals surface area contributed by atoms with E-state index in [1.165, 1.54) is 49.3 Å². The zero-order valence-corrected chi connectivity index (χ0v) is 34.4. The average molecular weight is 805 g/mol. The molecule has 0 radical (unpaired) electrons. The lowest BCUT2D eigenvalue weighted by Crippen LogP contribution is -2.31. The number of rotatable bonds is 8. The molecular weight excluding hydrogens is 765 g/mol. The zero-order chi connectivity index (χ0) is 41.7. The van der Waals surface area contributed by atoms with E-state index in [-0.39, 0.29) is 0 Å². The topological polar surface area (TPSA) is 35.6 Å². The van der Waals surface area contributed by atoms with Crippen LogP contribution in [-0.2, 0) is 5.41 Å². The van der Waals surface area contributed by atoms with Crippen LogP contribution >= 0.6 is 0 Å². The van der Waals surface area contributed by atoms with Crippen molar-refractivity contribution >= 4 is 43.6 Å². The van der Waals surface area contributed by atoms with Gasteiger partial charge in [0.05, 0.1) is 33.2 Å². The Morgan fingerprint density at radius 2 is 0.714 bits per heavy atom. The van der Waals surface area contributed by atoms with E-state index in [1.807, 2.05) is 0 Å². The van der Waals surface area contributed by atoms with Crippen LogP contribution in [0.4, 0.5) is 0 Å². The molecule has 0 saturated heterocycles. The SMILES string of the molecule is c1ccc(C(c2ccccc2)(c2ccccc2)c2cccc(-c3nc(-c4cccc(-n5c6ccccc6c6ccccc65)c4)cc(-n4c5ccccc5c5ccccc54)n3)c2)cc1. The number of hydrogen-bond donors (Lipinski definition) is 0. The smallest absolute Gasteiger partial charge is 0.162 e. The second kappa shape index (κ2) is 15.0. The number of hydrogen-bond acceptors (Lipinski definition) is 2. The molecule has 0 saturated carbocycles. The highest BCUT2D eigenvalue weighted by Gasteiger charge is 2.38. The number of aromatic nitrogens is 4. The van der Waals surface area contributed by atoms with Crippen molar-refractivity contribution in [3.63, 3.8) is 0 Å². The van der Waals surface area contributed by atoms with E-state index in [1.54, 1.807) is 0 Å². The molecule has 63 heavy (non-hydrogen) atoms. The minimum atomic E-state index is -0.621. The Morgan fingerprint density at radius 3 is 1.22 bits per heavy atom. The van der Waals surface area contributed by atoms with Crippen LogP contribution in [0, 0.1) is 0 Å². The Hall–Kier alpha value is -8.34. The van der Waals surface area contributed by atoms with Gasteiger partial charge in [-0.25, -0.2) is 9.97 Å². The van der Waals surface area contributed by atoms with Gasteiger partial charge in [-0.1, -0.05) is 194 Å². The van der Waals surface area contributed by atoms with Gasteiger partial charge in [-0.15, -0.1) is 0 Å². The quantitative estimate of drug-likeness (QED) is 0.143. The highest BCUT2D eigenvalue weighted by atomic mass is 15.1. The van der Waals surface area contributed by atoms with Gasteiger partial charge in [-0.2, -0.15) is 0 Å². The van der Waals surface area contributed by atoms with E-state index < -0.39 is 5.41 Å². The Kier molecular flexibility index (Phi) is 8.68. The van der Waals surface area contributed by atoms with Crippen molar-refractivity contribution in [2.24, 2.45) is 0 Å². The van der Waals surface area contributed by atoms with Crippen molar-refractivity contribution in [1.82, 2.24) is 19.1 Å². The Balaban J connectivity index is 1.11. The summed E-state index contributed by atoms with van der Waals surface area (Å²) in [6.07, 6.45) is 0. The van der Waals surface area contributed by atoms with E-state index in [4.69, 9.17) is 9.97 Å². The van der Waals surface area contributed by atoms with Gasteiger partial charge in [0.1, 0.15) is 5.82 Å². The summed E-state index contributed by atoms with van der Waals surface area (Å²) in [5.41, 5.74) is 12.4. The lowest BCUT2D eigenvalue weighted by Gasteiger charge is -2.37. The van der Waals surface area contributed by atoms with Crippen molar-refractivity contribution in [3.05, 3.63) is 265 Å². The van der Waals surface area contributed by atoms with Crippen LogP contribution in [0.25, 0.3) is 77.8 Å². The van der Waals surface area contributed by atoms with Crippen LogP contribution in [-0.4, -0.2) is 19.1 Å². The van der Waals surface area contributed by atoms with Crippen LogP contribution in [0.2, 0.25) is 0 Å². The molecule has 12 aromatic rings. The molecule has 0 N–H and O–H groups in total. The highest BCUT2D eigenvalue weighted by molar-refractivity contribution is 6.10. The van der Waals surface area contributed by atoms with Crippen molar-refractivity contribution < 1.29 is 0 Å². The summed E-state index contributed by atoms with van der Waals surface area (Å²) in [7, 11) is 0. The van der Waals surface area contributed by atoms with Gasteiger partial charge in [0.15, 0.2) is 5.82 Å². The van der Waals surface area contributed by atoms with Crippen molar-refractivity contribution in [1.29, 1.82) is 0 Å². The van der Waals surface area contributed by atoms with Crippen molar-refractivity contribution in [3.8, 4) is 34.2 Å². The van der Waals surface area contributed by atoms with E-state index in [0.29, 0.717) is 5.82 Å². The van der Waals surface area contributed by atoms with E-state index >= 15 is 0 Å². The molecule has 12 rings (SSSR count). The van der Waals surface area contributed by atoms with Gasteiger partial charge in [0, 0.05) is 44.4 Å². The summed E-state index contributed by atoms with van der Waals surface area (Å²) in [6, 6.07) is 86.9. The summed E-state index contributed by atoms with van der Waals surface area (Å²) in [4.78, 5) is 11.0. The Labute approximate surface area is 365 Å². The third kappa shape index (κ3) is 5.91. The van der Waals surface area contributed by atoms with E-state index in [2.05, 4.69) is 252 Å². The fourth-order valence-electron chi connectivity index (χ4n) is 9.96. The number of nitrogens with zero attached hydrogens (tertiary/aromatic N) is 4. The molecule has 3 heterocycles. The molecule has 0 atom stereocenters. The Morgan fingerprint density at radius 1 is 0.302 bits per heavy atom. The zero-order valence-electron chi connectivity index (χ0n) is 34.4. The summed E-state index contributed by atoms with van der Waals surface area (Å²) >= 11 is 0. The van der Waals surface area contributed by atoms with Gasteiger partial charge in [0.25, 0.3) is 0 Å². The van der Waals surface area contributed by atoms with Gasteiger partial charge in [0.2, 0.25) is 0 Å². The normalized spacial score (nSPS) is 11.8. The lowest BCUT2D eigenvalue weighted by atomic mass is 9.65. The lowest BCUT2D eigenvalue weighted by molar-refractivity contribution is 0.745. The van der Waals surface area contributed by atoms with Crippen molar-refractivity contribution in [2.75, 3.05) is 0 Å². The second-order valence-corrected chi connectivity index (χ2v) is 16.2. The fraction of sp³-hybridized carbons (Fsp3) is 0.0169. The summed E-state index contributed by atoms with van der Waals surface area (Å²) in [5.74, 6) is 1.46. The van der Waals surface area contributed by atoms with E-state index in [0.717, 1.165) is 44.9 Å². The van der Waals surface area contributed by atoms with E-state index in [9.17, 15) is 0 Å². The minimum absolute atomic E-state index is 0.621. The predicted octanol–water partition coefficient (Wildman–Crippen LogP) is 14.4. The first kappa shape index (κ1) is 36.5. The summed E-state index contributed by atoms with van der Waals surface area (Å²) in [6.45, 7) is 0. The molecule has 0 spiro atoms. The maximum absolute atomic E-state index is 5.51. The molecule has 0 aliphatic heterocycles. The number of para-hydroxylation sites is 4. The molecule has 0 aliphatic rings. The molecule has 3 aromatic heterocycles.